The van der Waals surface area contributed by atoms with Gasteiger partial charge in [-0.1, -0.05) is 12.1 Å². The number of hydrogen-bond acceptors (Lipinski definition) is 4. The minimum absolute atomic E-state index is 0.113. The van der Waals surface area contributed by atoms with Crippen LogP contribution >= 0.6 is 0 Å². The second-order valence-electron chi connectivity index (χ2n) is 7.10. The molecule has 1 saturated heterocycles. The number of rotatable bonds is 5. The van der Waals surface area contributed by atoms with Crippen LogP contribution in [0.5, 0.6) is 0 Å². The molecule has 1 amide bonds. The van der Waals surface area contributed by atoms with E-state index in [1.54, 1.807) is 12.1 Å². The highest BCUT2D eigenvalue weighted by molar-refractivity contribution is 5.77. The molecule has 146 valence electrons. The number of amides is 1. The fourth-order valence-corrected chi connectivity index (χ4v) is 3.78. The quantitative estimate of drug-likeness (QED) is 0.665. The van der Waals surface area contributed by atoms with Crippen LogP contribution in [0, 0.1) is 5.82 Å². The molecule has 4 rings (SSSR count). The Morgan fingerprint density at radius 1 is 1.25 bits per heavy atom. The fourth-order valence-electron chi connectivity index (χ4n) is 3.78. The standard InChI is InChI=1S/C21H23FN4O2/c1-2-17-6-3-4-13-26(17)19(27)14-25-12-5-7-18(25)21-23-20(24-28-21)15-8-10-16(22)11-9-15/h5,7-12,17H,2-4,6,13-14H2,1H3/t17-/m0/s1. The van der Waals surface area contributed by atoms with Crippen molar-refractivity contribution in [2.75, 3.05) is 6.54 Å². The summed E-state index contributed by atoms with van der Waals surface area (Å²) in [4.78, 5) is 19.3. The monoisotopic (exact) mass is 382 g/mol. The van der Waals surface area contributed by atoms with Gasteiger partial charge in [0.15, 0.2) is 0 Å². The Kier molecular flexibility index (Phi) is 5.23. The van der Waals surface area contributed by atoms with Gasteiger partial charge in [-0.25, -0.2) is 4.39 Å². The Bertz CT molecular complexity index is 947. The molecule has 1 aliphatic rings. The first-order valence-electron chi connectivity index (χ1n) is 9.70. The predicted octanol–water partition coefficient (Wildman–Crippen LogP) is 4.14. The summed E-state index contributed by atoms with van der Waals surface area (Å²) in [6.45, 7) is 3.20. The summed E-state index contributed by atoms with van der Waals surface area (Å²) in [7, 11) is 0. The van der Waals surface area contributed by atoms with E-state index in [2.05, 4.69) is 17.1 Å². The number of benzene rings is 1. The normalized spacial score (nSPS) is 17.1. The largest absolute Gasteiger partial charge is 0.338 e. The molecular weight excluding hydrogens is 359 g/mol. The van der Waals surface area contributed by atoms with E-state index in [9.17, 15) is 9.18 Å². The Hall–Kier alpha value is -2.96. The second-order valence-corrected chi connectivity index (χ2v) is 7.10. The smallest absolute Gasteiger partial charge is 0.274 e. The third-order valence-corrected chi connectivity index (χ3v) is 5.30. The molecule has 7 heteroatoms. The van der Waals surface area contributed by atoms with Gasteiger partial charge >= 0.3 is 0 Å². The molecule has 3 aromatic rings. The van der Waals surface area contributed by atoms with Gasteiger partial charge in [0.05, 0.1) is 0 Å². The maximum Gasteiger partial charge on any atom is 0.274 e. The van der Waals surface area contributed by atoms with E-state index in [-0.39, 0.29) is 18.3 Å². The van der Waals surface area contributed by atoms with E-state index in [0.29, 0.717) is 29.0 Å². The number of halogens is 1. The highest BCUT2D eigenvalue weighted by Gasteiger charge is 2.26. The Morgan fingerprint density at radius 3 is 2.86 bits per heavy atom. The molecule has 0 saturated carbocycles. The first-order valence-corrected chi connectivity index (χ1v) is 9.70. The van der Waals surface area contributed by atoms with Gasteiger partial charge in [-0.3, -0.25) is 4.79 Å². The van der Waals surface area contributed by atoms with Crippen molar-refractivity contribution in [3.63, 3.8) is 0 Å². The van der Waals surface area contributed by atoms with Crippen molar-refractivity contribution in [3.05, 3.63) is 48.4 Å². The lowest BCUT2D eigenvalue weighted by Gasteiger charge is -2.35. The van der Waals surface area contributed by atoms with Crippen molar-refractivity contribution < 1.29 is 13.7 Å². The van der Waals surface area contributed by atoms with Gasteiger partial charge < -0.3 is 14.0 Å². The average molecular weight is 382 g/mol. The summed E-state index contributed by atoms with van der Waals surface area (Å²) in [6, 6.07) is 9.96. The van der Waals surface area contributed by atoms with Crippen molar-refractivity contribution >= 4 is 5.91 Å². The third-order valence-electron chi connectivity index (χ3n) is 5.30. The Morgan fingerprint density at radius 2 is 2.07 bits per heavy atom. The molecule has 0 radical (unpaired) electrons. The van der Waals surface area contributed by atoms with Crippen LogP contribution in [0.4, 0.5) is 4.39 Å². The fraction of sp³-hybridized carbons (Fsp3) is 0.381. The zero-order valence-corrected chi connectivity index (χ0v) is 15.8. The summed E-state index contributed by atoms with van der Waals surface area (Å²) in [5, 5.41) is 3.99. The topological polar surface area (TPSA) is 64.2 Å². The number of carbonyl (C=O) groups excluding carboxylic acids is 1. The average Bonchev–Trinajstić information content (AvgIpc) is 3.38. The summed E-state index contributed by atoms with van der Waals surface area (Å²) in [5.74, 6) is 0.518. The third kappa shape index (κ3) is 3.69. The second kappa shape index (κ2) is 7.96. The van der Waals surface area contributed by atoms with E-state index in [4.69, 9.17) is 4.52 Å². The number of carbonyl (C=O) groups is 1. The minimum Gasteiger partial charge on any atom is -0.338 e. The van der Waals surface area contributed by atoms with Crippen molar-refractivity contribution in [1.29, 1.82) is 0 Å². The lowest BCUT2D eigenvalue weighted by Crippen LogP contribution is -2.44. The van der Waals surface area contributed by atoms with Gasteiger partial charge in [0.25, 0.3) is 5.89 Å². The zero-order valence-electron chi connectivity index (χ0n) is 15.8. The summed E-state index contributed by atoms with van der Waals surface area (Å²) >= 11 is 0. The van der Waals surface area contributed by atoms with Crippen LogP contribution in [-0.2, 0) is 11.3 Å². The van der Waals surface area contributed by atoms with Crippen molar-refractivity contribution in [3.8, 4) is 23.0 Å². The zero-order chi connectivity index (χ0) is 19.5. The first-order chi connectivity index (χ1) is 13.7. The Labute approximate surface area is 163 Å². The summed E-state index contributed by atoms with van der Waals surface area (Å²) < 4.78 is 20.4. The van der Waals surface area contributed by atoms with Gasteiger partial charge in [0.1, 0.15) is 18.1 Å². The van der Waals surface area contributed by atoms with E-state index in [1.165, 1.54) is 18.6 Å². The molecule has 0 aliphatic carbocycles. The van der Waals surface area contributed by atoms with Crippen molar-refractivity contribution in [2.45, 2.75) is 45.2 Å². The number of nitrogens with zero attached hydrogens (tertiary/aromatic N) is 4. The van der Waals surface area contributed by atoms with E-state index in [0.717, 1.165) is 25.8 Å². The van der Waals surface area contributed by atoms with E-state index in [1.807, 2.05) is 27.8 Å². The maximum absolute atomic E-state index is 13.1. The number of aromatic nitrogens is 3. The lowest BCUT2D eigenvalue weighted by molar-refractivity contribution is -0.135. The van der Waals surface area contributed by atoms with Crippen LogP contribution in [0.3, 0.4) is 0 Å². The molecule has 2 aromatic heterocycles. The molecule has 0 N–H and O–H groups in total. The van der Waals surface area contributed by atoms with E-state index < -0.39 is 0 Å². The highest BCUT2D eigenvalue weighted by Crippen LogP contribution is 2.24. The van der Waals surface area contributed by atoms with Gasteiger partial charge in [0, 0.05) is 24.3 Å². The van der Waals surface area contributed by atoms with Gasteiger partial charge in [-0.15, -0.1) is 0 Å². The summed E-state index contributed by atoms with van der Waals surface area (Å²) in [6.07, 6.45) is 6.15. The van der Waals surface area contributed by atoms with Gasteiger partial charge in [-0.05, 0) is 62.1 Å². The minimum atomic E-state index is -0.317. The predicted molar refractivity (Wildman–Crippen MR) is 103 cm³/mol. The number of likely N-dealkylation sites (tertiary alicyclic amines) is 1. The number of hydrogen-bond donors (Lipinski definition) is 0. The van der Waals surface area contributed by atoms with Gasteiger partial charge in [-0.2, -0.15) is 4.98 Å². The lowest BCUT2D eigenvalue weighted by atomic mass is 10.00. The molecule has 1 fully saturated rings. The highest BCUT2D eigenvalue weighted by atomic mass is 19.1. The molecule has 1 aromatic carbocycles. The first kappa shape index (κ1) is 18.4. The van der Waals surface area contributed by atoms with Gasteiger partial charge in [0.2, 0.25) is 11.7 Å². The van der Waals surface area contributed by atoms with Crippen LogP contribution in [-0.4, -0.2) is 38.1 Å². The van der Waals surface area contributed by atoms with Crippen molar-refractivity contribution in [1.82, 2.24) is 19.6 Å². The molecule has 3 heterocycles. The van der Waals surface area contributed by atoms with Crippen LogP contribution < -0.4 is 0 Å². The molecule has 0 unspecified atom stereocenters. The van der Waals surface area contributed by atoms with E-state index >= 15 is 0 Å². The molecule has 28 heavy (non-hydrogen) atoms. The van der Waals surface area contributed by atoms with Crippen LogP contribution in [0.2, 0.25) is 0 Å². The molecule has 1 aliphatic heterocycles. The number of piperidine rings is 1. The maximum atomic E-state index is 13.1. The van der Waals surface area contributed by atoms with Crippen LogP contribution in [0.15, 0.2) is 47.1 Å². The van der Waals surface area contributed by atoms with Crippen LogP contribution in [0.25, 0.3) is 23.0 Å². The molecule has 6 nitrogen and oxygen atoms in total. The molecule has 1 atom stereocenters. The summed E-state index contributed by atoms with van der Waals surface area (Å²) in [5.41, 5.74) is 1.36. The van der Waals surface area contributed by atoms with Crippen molar-refractivity contribution in [2.24, 2.45) is 0 Å². The molecular formula is C21H23FN4O2. The van der Waals surface area contributed by atoms with Crippen LogP contribution in [0.1, 0.15) is 32.6 Å². The molecule has 0 spiro atoms. The Balaban J connectivity index is 1.53. The molecule has 0 bridgehead atoms. The SMILES string of the molecule is CC[C@H]1CCCCN1C(=O)Cn1cccc1-c1nc(-c2ccc(F)cc2)no1.